The molecule has 1 N–H and O–H groups in total. The van der Waals surface area contributed by atoms with Gasteiger partial charge in [-0.3, -0.25) is 4.79 Å². The molecule has 5 nitrogen and oxygen atoms in total. The molecule has 3 aromatic rings. The lowest BCUT2D eigenvalue weighted by Gasteiger charge is -2.40. The van der Waals surface area contributed by atoms with E-state index in [-0.39, 0.29) is 17.2 Å². The van der Waals surface area contributed by atoms with Crippen LogP contribution in [-0.2, 0) is 9.53 Å². The van der Waals surface area contributed by atoms with Crippen LogP contribution in [0, 0.1) is 5.41 Å². The summed E-state index contributed by atoms with van der Waals surface area (Å²) in [7, 11) is 0. The van der Waals surface area contributed by atoms with Gasteiger partial charge in [-0.15, -0.1) is 0 Å². The van der Waals surface area contributed by atoms with Crippen LogP contribution in [0.4, 0.5) is 11.4 Å². The van der Waals surface area contributed by atoms with Gasteiger partial charge in [0, 0.05) is 28.3 Å². The lowest BCUT2D eigenvalue weighted by molar-refractivity contribution is -0.118. The highest BCUT2D eigenvalue weighted by atomic mass is 35.5. The molecule has 2 aliphatic heterocycles. The highest BCUT2D eigenvalue weighted by molar-refractivity contribution is 6.30. The van der Waals surface area contributed by atoms with Gasteiger partial charge >= 0.3 is 5.97 Å². The molecule has 6 heteroatoms. The third kappa shape index (κ3) is 3.62. The van der Waals surface area contributed by atoms with Crippen molar-refractivity contribution in [1.82, 2.24) is 0 Å². The van der Waals surface area contributed by atoms with Crippen molar-refractivity contribution in [3.8, 4) is 0 Å². The minimum Gasteiger partial charge on any atom is -0.433 e. The number of hydrogen-bond donors (Lipinski definition) is 1. The fraction of sp³-hybridized carbons (Fsp3) is 0.241. The van der Waals surface area contributed by atoms with E-state index in [1.807, 2.05) is 66.7 Å². The fourth-order valence-corrected chi connectivity index (χ4v) is 5.70. The van der Waals surface area contributed by atoms with E-state index >= 15 is 0 Å². The number of nitrogens with zero attached hydrogens (tertiary/aromatic N) is 1. The number of fused-ring (bicyclic) bond motifs is 2. The zero-order valence-corrected chi connectivity index (χ0v) is 20.3. The third-order valence-corrected chi connectivity index (χ3v) is 7.30. The number of para-hydroxylation sites is 2. The molecule has 0 unspecified atom stereocenters. The van der Waals surface area contributed by atoms with E-state index in [1.54, 1.807) is 6.07 Å². The molecule has 0 radical (unpaired) electrons. The molecule has 0 bridgehead atoms. The Morgan fingerprint density at radius 2 is 1.66 bits per heavy atom. The van der Waals surface area contributed by atoms with Crippen LogP contribution in [0.25, 0.3) is 0 Å². The van der Waals surface area contributed by atoms with Crippen LogP contribution in [0.15, 0.2) is 84.1 Å². The van der Waals surface area contributed by atoms with Crippen LogP contribution in [0.5, 0.6) is 0 Å². The van der Waals surface area contributed by atoms with Gasteiger partial charge in [0.25, 0.3) is 0 Å². The molecular formula is C29H25ClN2O3. The van der Waals surface area contributed by atoms with E-state index in [4.69, 9.17) is 16.3 Å². The molecule has 2 heterocycles. The monoisotopic (exact) mass is 484 g/mol. The zero-order chi connectivity index (χ0) is 24.3. The summed E-state index contributed by atoms with van der Waals surface area (Å²) in [5.74, 6) is -0.264. The molecular weight excluding hydrogens is 460 g/mol. The zero-order valence-electron chi connectivity index (χ0n) is 19.5. The summed E-state index contributed by atoms with van der Waals surface area (Å²) in [6.07, 6.45) is 0.501. The van der Waals surface area contributed by atoms with Gasteiger partial charge in [-0.1, -0.05) is 67.9 Å². The van der Waals surface area contributed by atoms with Crippen molar-refractivity contribution in [3.05, 3.63) is 106 Å². The van der Waals surface area contributed by atoms with Gasteiger partial charge in [-0.05, 0) is 47.7 Å². The van der Waals surface area contributed by atoms with Gasteiger partial charge in [-0.2, -0.15) is 0 Å². The summed E-state index contributed by atoms with van der Waals surface area (Å²) in [6, 6.07) is 22.5. The molecule has 176 valence electrons. The average molecular weight is 485 g/mol. The molecule has 0 aromatic heterocycles. The fourth-order valence-electron chi connectivity index (χ4n) is 5.58. The van der Waals surface area contributed by atoms with Gasteiger partial charge in [0.1, 0.15) is 0 Å². The molecule has 0 saturated carbocycles. The molecule has 0 fully saturated rings. The van der Waals surface area contributed by atoms with Gasteiger partial charge in [0.05, 0.1) is 23.0 Å². The SMILES string of the molecule is CC1(C)CC(=O)C2=C(C1)Nc1ccccc1N([C@@H]1OC(=O)c3ccccc31)[C@@H]2c1ccc(Cl)cc1. The van der Waals surface area contributed by atoms with E-state index in [0.717, 1.165) is 34.6 Å². The van der Waals surface area contributed by atoms with Crippen molar-refractivity contribution >= 4 is 34.7 Å². The van der Waals surface area contributed by atoms with Gasteiger partial charge < -0.3 is 15.0 Å². The maximum absolute atomic E-state index is 13.8. The highest BCUT2D eigenvalue weighted by Gasteiger charge is 2.46. The summed E-state index contributed by atoms with van der Waals surface area (Å²) < 4.78 is 6.01. The highest BCUT2D eigenvalue weighted by Crippen LogP contribution is 2.52. The normalized spacial score (nSPS) is 22.5. The Balaban J connectivity index is 1.64. The topological polar surface area (TPSA) is 58.6 Å². The first-order chi connectivity index (χ1) is 16.8. The van der Waals surface area contributed by atoms with Crippen molar-refractivity contribution in [2.45, 2.75) is 39.0 Å². The number of Topliss-reactive ketones (excluding diaryl/α,β-unsaturated/α-hetero) is 1. The average Bonchev–Trinajstić information content (AvgIpc) is 3.07. The maximum Gasteiger partial charge on any atom is 0.340 e. The second-order valence-electron chi connectivity index (χ2n) is 10.2. The third-order valence-electron chi connectivity index (χ3n) is 7.04. The van der Waals surface area contributed by atoms with Crippen molar-refractivity contribution in [1.29, 1.82) is 0 Å². The Bertz CT molecular complexity index is 1390. The second kappa shape index (κ2) is 7.99. The minimum atomic E-state index is -0.683. The van der Waals surface area contributed by atoms with Crippen molar-refractivity contribution in [3.63, 3.8) is 0 Å². The Morgan fingerprint density at radius 1 is 0.943 bits per heavy atom. The minimum absolute atomic E-state index is 0.0964. The summed E-state index contributed by atoms with van der Waals surface area (Å²) >= 11 is 6.24. The summed E-state index contributed by atoms with van der Waals surface area (Å²) in [5.41, 5.74) is 5.45. The lowest BCUT2D eigenvalue weighted by Crippen LogP contribution is -2.38. The molecule has 2 atom stereocenters. The molecule has 0 amide bonds. The van der Waals surface area contributed by atoms with E-state index in [0.29, 0.717) is 22.6 Å². The molecule has 0 spiro atoms. The summed E-state index contributed by atoms with van der Waals surface area (Å²) in [4.78, 5) is 28.8. The van der Waals surface area contributed by atoms with Crippen LogP contribution < -0.4 is 10.2 Å². The number of benzene rings is 3. The Kier molecular flexibility index (Phi) is 5.01. The van der Waals surface area contributed by atoms with Crippen LogP contribution in [0.2, 0.25) is 5.02 Å². The predicted octanol–water partition coefficient (Wildman–Crippen LogP) is 6.83. The molecule has 0 saturated heterocycles. The summed E-state index contributed by atoms with van der Waals surface area (Å²) in [6.45, 7) is 4.24. The van der Waals surface area contributed by atoms with Gasteiger partial charge in [-0.25, -0.2) is 4.79 Å². The summed E-state index contributed by atoms with van der Waals surface area (Å²) in [5, 5.41) is 4.22. The number of halogens is 1. The van der Waals surface area contributed by atoms with Crippen molar-refractivity contribution in [2.24, 2.45) is 5.41 Å². The van der Waals surface area contributed by atoms with Crippen molar-refractivity contribution < 1.29 is 14.3 Å². The van der Waals surface area contributed by atoms with E-state index in [2.05, 4.69) is 24.1 Å². The van der Waals surface area contributed by atoms with Crippen LogP contribution >= 0.6 is 11.6 Å². The molecule has 1 aliphatic carbocycles. The van der Waals surface area contributed by atoms with E-state index in [1.165, 1.54) is 0 Å². The predicted molar refractivity (Wildman–Crippen MR) is 136 cm³/mol. The number of allylic oxidation sites excluding steroid dienone is 1. The molecule has 35 heavy (non-hydrogen) atoms. The number of esters is 1. The first-order valence-corrected chi connectivity index (χ1v) is 12.2. The number of anilines is 2. The van der Waals surface area contributed by atoms with E-state index in [9.17, 15) is 9.59 Å². The molecule has 3 aromatic carbocycles. The van der Waals surface area contributed by atoms with Gasteiger partial charge in [0.2, 0.25) is 6.23 Å². The Hall–Kier alpha value is -3.57. The largest absolute Gasteiger partial charge is 0.433 e. The number of hydrogen-bond acceptors (Lipinski definition) is 5. The number of nitrogens with one attached hydrogen (secondary N) is 1. The quantitative estimate of drug-likeness (QED) is 0.404. The Morgan fingerprint density at radius 3 is 2.46 bits per heavy atom. The lowest BCUT2D eigenvalue weighted by atomic mass is 9.73. The number of ketones is 1. The number of carbonyl (C=O) groups is 2. The maximum atomic E-state index is 13.8. The van der Waals surface area contributed by atoms with Crippen LogP contribution in [0.3, 0.4) is 0 Å². The van der Waals surface area contributed by atoms with Crippen LogP contribution in [-0.4, -0.2) is 11.8 Å². The second-order valence-corrected chi connectivity index (χ2v) is 10.6. The molecule has 3 aliphatic rings. The number of cyclic esters (lactones) is 1. The number of carbonyl (C=O) groups excluding carboxylic acids is 2. The smallest absolute Gasteiger partial charge is 0.340 e. The van der Waals surface area contributed by atoms with Gasteiger partial charge in [0.15, 0.2) is 5.78 Å². The van der Waals surface area contributed by atoms with Crippen molar-refractivity contribution in [2.75, 3.05) is 10.2 Å². The Labute approximate surface area is 209 Å². The van der Waals surface area contributed by atoms with E-state index < -0.39 is 12.3 Å². The first kappa shape index (κ1) is 21.9. The first-order valence-electron chi connectivity index (χ1n) is 11.8. The molecule has 6 rings (SSSR count). The number of rotatable bonds is 2. The number of ether oxygens (including phenoxy) is 1. The van der Waals surface area contributed by atoms with Crippen LogP contribution in [0.1, 0.15) is 60.4 Å². The standard InChI is InChI=1S/C29H25ClN2O3/c1-29(2)15-22-25(24(33)16-29)26(17-11-13-18(30)14-12-17)32(23-10-6-5-9-21(23)31-22)27-19-7-3-4-8-20(19)28(34)35-27/h3-14,26-27,31H,15-16H2,1-2H3/t26-,27-/m1/s1.